The van der Waals surface area contributed by atoms with Gasteiger partial charge >= 0.3 is 0 Å². The minimum Gasteiger partial charge on any atom is -0.382 e. The van der Waals surface area contributed by atoms with Gasteiger partial charge in [-0.15, -0.1) is 0 Å². The van der Waals surface area contributed by atoms with Gasteiger partial charge in [-0.25, -0.2) is 9.67 Å². The van der Waals surface area contributed by atoms with Gasteiger partial charge in [0.15, 0.2) is 5.82 Å². The summed E-state index contributed by atoms with van der Waals surface area (Å²) in [5.41, 5.74) is 2.51. The fourth-order valence-corrected chi connectivity index (χ4v) is 2.63. The molecule has 0 bridgehead atoms. The van der Waals surface area contributed by atoms with Gasteiger partial charge in [0.05, 0.1) is 5.71 Å². The van der Waals surface area contributed by atoms with Gasteiger partial charge in [0.2, 0.25) is 6.10 Å². The van der Waals surface area contributed by atoms with Crippen molar-refractivity contribution in [2.45, 2.75) is 19.1 Å². The molecule has 0 unspecified atom stereocenters. The maximum absolute atomic E-state index is 12.4. The fourth-order valence-electron chi connectivity index (χ4n) is 2.63. The zero-order valence-corrected chi connectivity index (χ0v) is 13.8. The van der Waals surface area contributed by atoms with E-state index in [4.69, 9.17) is 4.84 Å². The third-order valence-electron chi connectivity index (χ3n) is 3.97. The summed E-state index contributed by atoms with van der Waals surface area (Å²) in [5.74, 6) is 0.492. The number of carbonyl (C=O) groups excluding carboxylic acids is 1. The Kier molecular flexibility index (Phi) is 4.38. The van der Waals surface area contributed by atoms with Gasteiger partial charge in [0.25, 0.3) is 5.91 Å². The highest BCUT2D eigenvalue weighted by Gasteiger charge is 2.28. The zero-order valence-electron chi connectivity index (χ0n) is 13.8. The van der Waals surface area contributed by atoms with Crippen molar-refractivity contribution in [2.75, 3.05) is 0 Å². The molecule has 3 aromatic rings. The van der Waals surface area contributed by atoms with E-state index in [1.165, 1.54) is 0 Å². The Balaban J connectivity index is 1.35. The Bertz CT molecular complexity index is 924. The summed E-state index contributed by atoms with van der Waals surface area (Å²) in [6.45, 7) is 0.373. The van der Waals surface area contributed by atoms with Gasteiger partial charge in [-0.3, -0.25) is 9.78 Å². The van der Waals surface area contributed by atoms with Crippen LogP contribution >= 0.6 is 0 Å². The molecule has 4 rings (SSSR count). The van der Waals surface area contributed by atoms with E-state index >= 15 is 0 Å². The first-order chi connectivity index (χ1) is 12.8. The molecule has 1 aliphatic heterocycles. The smallest absolute Gasteiger partial charge is 0.264 e. The van der Waals surface area contributed by atoms with E-state index < -0.39 is 6.10 Å². The van der Waals surface area contributed by atoms with Gasteiger partial charge in [-0.1, -0.05) is 5.16 Å². The molecule has 8 nitrogen and oxygen atoms in total. The fraction of sp³-hybridized carbons (Fsp3) is 0.167. The summed E-state index contributed by atoms with van der Waals surface area (Å²) in [6.07, 6.45) is 8.38. The molecular weight excluding hydrogens is 332 g/mol. The lowest BCUT2D eigenvalue weighted by molar-refractivity contribution is -0.131. The van der Waals surface area contributed by atoms with Crippen molar-refractivity contribution in [1.29, 1.82) is 0 Å². The molecule has 1 amide bonds. The first kappa shape index (κ1) is 15.9. The van der Waals surface area contributed by atoms with Crippen LogP contribution in [0.3, 0.4) is 0 Å². The molecular formula is C18H16N6O2. The Hall–Kier alpha value is -3.55. The summed E-state index contributed by atoms with van der Waals surface area (Å²) in [4.78, 5) is 25.9. The molecule has 0 aliphatic carbocycles. The standard InChI is InChI=1S/C18H16N6O2/c25-18(16-10-15(23-26-16)14-3-1-5-19-12-14)21-11-13-4-7-20-17(9-13)24-8-2-6-22-24/h1-9,12,16H,10-11H2,(H,21,25)/t16-/m0/s1. The predicted molar refractivity (Wildman–Crippen MR) is 93.5 cm³/mol. The van der Waals surface area contributed by atoms with E-state index in [9.17, 15) is 4.79 Å². The monoisotopic (exact) mass is 348 g/mol. The van der Waals surface area contributed by atoms with Gasteiger partial charge in [0.1, 0.15) is 0 Å². The molecule has 1 N–H and O–H groups in total. The minimum absolute atomic E-state index is 0.204. The van der Waals surface area contributed by atoms with Crippen molar-refractivity contribution in [3.05, 3.63) is 72.4 Å². The van der Waals surface area contributed by atoms with Crippen LogP contribution in [-0.4, -0.2) is 37.5 Å². The van der Waals surface area contributed by atoms with E-state index in [0.29, 0.717) is 18.8 Å². The van der Waals surface area contributed by atoms with Crippen LogP contribution < -0.4 is 5.32 Å². The Morgan fingerprint density at radius 3 is 3.04 bits per heavy atom. The molecule has 0 aromatic carbocycles. The first-order valence-electron chi connectivity index (χ1n) is 8.15. The molecule has 1 atom stereocenters. The molecule has 3 aromatic heterocycles. The summed E-state index contributed by atoms with van der Waals surface area (Å²) < 4.78 is 1.67. The molecule has 0 radical (unpaired) electrons. The first-order valence-corrected chi connectivity index (χ1v) is 8.15. The van der Waals surface area contributed by atoms with E-state index in [1.54, 1.807) is 29.5 Å². The quantitative estimate of drug-likeness (QED) is 0.753. The van der Waals surface area contributed by atoms with Crippen molar-refractivity contribution in [3.63, 3.8) is 0 Å². The van der Waals surface area contributed by atoms with E-state index in [1.807, 2.05) is 36.5 Å². The van der Waals surface area contributed by atoms with Crippen LogP contribution in [0, 0.1) is 0 Å². The maximum Gasteiger partial charge on any atom is 0.264 e. The van der Waals surface area contributed by atoms with Crippen molar-refractivity contribution in [1.82, 2.24) is 25.1 Å². The average molecular weight is 348 g/mol. The number of oxime groups is 1. The summed E-state index contributed by atoms with van der Waals surface area (Å²) in [7, 11) is 0. The second kappa shape index (κ2) is 7.14. The molecule has 4 heterocycles. The van der Waals surface area contributed by atoms with Crippen molar-refractivity contribution < 1.29 is 9.63 Å². The summed E-state index contributed by atoms with van der Waals surface area (Å²) in [6, 6.07) is 9.27. The molecule has 0 saturated heterocycles. The van der Waals surface area contributed by atoms with E-state index in [0.717, 1.165) is 16.8 Å². The number of aromatic nitrogens is 4. The van der Waals surface area contributed by atoms with E-state index in [-0.39, 0.29) is 5.91 Å². The van der Waals surface area contributed by atoms with Crippen LogP contribution in [0.2, 0.25) is 0 Å². The number of hydrogen-bond donors (Lipinski definition) is 1. The molecule has 130 valence electrons. The normalized spacial score (nSPS) is 16.0. The molecule has 26 heavy (non-hydrogen) atoms. The minimum atomic E-state index is -0.627. The maximum atomic E-state index is 12.4. The third kappa shape index (κ3) is 3.44. The van der Waals surface area contributed by atoms with Crippen LogP contribution in [0.4, 0.5) is 0 Å². The van der Waals surface area contributed by atoms with Crippen molar-refractivity contribution in [3.8, 4) is 5.82 Å². The summed E-state index contributed by atoms with van der Waals surface area (Å²) in [5, 5.41) is 11.0. The SMILES string of the molecule is O=C(NCc1ccnc(-n2cccn2)c1)[C@@H]1CC(c2cccnc2)=NO1. The molecule has 0 saturated carbocycles. The lowest BCUT2D eigenvalue weighted by atomic mass is 10.1. The van der Waals surface area contributed by atoms with Crippen molar-refractivity contribution in [2.24, 2.45) is 5.16 Å². The molecule has 0 fully saturated rings. The highest BCUT2D eigenvalue weighted by Crippen LogP contribution is 2.16. The second-order valence-electron chi connectivity index (χ2n) is 5.77. The highest BCUT2D eigenvalue weighted by molar-refractivity contribution is 6.03. The Morgan fingerprint density at radius 1 is 1.27 bits per heavy atom. The predicted octanol–water partition coefficient (Wildman–Crippen LogP) is 1.47. The topological polar surface area (TPSA) is 94.3 Å². The van der Waals surface area contributed by atoms with Gasteiger partial charge in [-0.2, -0.15) is 5.10 Å². The molecule has 1 aliphatic rings. The van der Waals surface area contributed by atoms with Crippen molar-refractivity contribution >= 4 is 11.6 Å². The Morgan fingerprint density at radius 2 is 2.23 bits per heavy atom. The number of rotatable bonds is 5. The van der Waals surface area contributed by atoms with Crippen LogP contribution in [0.15, 0.2) is 66.5 Å². The van der Waals surface area contributed by atoms with Crippen LogP contribution in [0.1, 0.15) is 17.5 Å². The van der Waals surface area contributed by atoms with Gasteiger partial charge in [0, 0.05) is 49.5 Å². The zero-order chi connectivity index (χ0) is 17.8. The lowest BCUT2D eigenvalue weighted by Crippen LogP contribution is -2.34. The highest BCUT2D eigenvalue weighted by atomic mass is 16.6. The number of nitrogens with one attached hydrogen (secondary N) is 1. The lowest BCUT2D eigenvalue weighted by Gasteiger charge is -2.10. The second-order valence-corrected chi connectivity index (χ2v) is 5.77. The molecule has 0 spiro atoms. The number of nitrogens with zero attached hydrogens (tertiary/aromatic N) is 5. The number of pyridine rings is 2. The largest absolute Gasteiger partial charge is 0.382 e. The molecule has 8 heteroatoms. The summed E-state index contributed by atoms with van der Waals surface area (Å²) >= 11 is 0. The van der Waals surface area contributed by atoms with Gasteiger partial charge < -0.3 is 10.2 Å². The number of hydrogen-bond acceptors (Lipinski definition) is 6. The number of amides is 1. The van der Waals surface area contributed by atoms with E-state index in [2.05, 4.69) is 25.5 Å². The van der Waals surface area contributed by atoms with Crippen LogP contribution in [-0.2, 0) is 16.2 Å². The van der Waals surface area contributed by atoms with Crippen LogP contribution in [0.25, 0.3) is 5.82 Å². The number of carbonyl (C=O) groups is 1. The Labute approximate surface area is 149 Å². The van der Waals surface area contributed by atoms with Gasteiger partial charge in [-0.05, 0) is 35.9 Å². The van der Waals surface area contributed by atoms with Crippen LogP contribution in [0.5, 0.6) is 0 Å². The third-order valence-corrected chi connectivity index (χ3v) is 3.97. The average Bonchev–Trinajstić information content (AvgIpc) is 3.39.